The molecule has 0 aliphatic carbocycles. The van der Waals surface area contributed by atoms with Crippen LogP contribution in [-0.2, 0) is 11.0 Å². The summed E-state index contributed by atoms with van der Waals surface area (Å²) in [5.74, 6) is -1.89. The molecule has 1 aromatic carbocycles. The van der Waals surface area contributed by atoms with Crippen LogP contribution in [0.2, 0.25) is 0 Å². The number of carboxylic acids is 1. The molecule has 22 heavy (non-hydrogen) atoms. The predicted octanol–water partition coefficient (Wildman–Crippen LogP) is 4.00. The van der Waals surface area contributed by atoms with E-state index in [1.54, 1.807) is 0 Å². The van der Waals surface area contributed by atoms with Crippen molar-refractivity contribution in [1.82, 2.24) is 4.98 Å². The lowest BCUT2D eigenvalue weighted by Crippen LogP contribution is -2.09. The van der Waals surface area contributed by atoms with E-state index in [4.69, 9.17) is 5.11 Å². The summed E-state index contributed by atoms with van der Waals surface area (Å²) < 4.78 is 51.6. The lowest BCUT2D eigenvalue weighted by molar-refractivity contribution is -0.141. The van der Waals surface area contributed by atoms with Crippen LogP contribution in [0.3, 0.4) is 0 Å². The van der Waals surface area contributed by atoms with E-state index in [9.17, 15) is 22.4 Å². The SMILES string of the molecule is O=C(O)/C=C/c1ccc(C(F)(F)F)nc1-c1cccc(F)c1. The quantitative estimate of drug-likeness (QED) is 0.688. The van der Waals surface area contributed by atoms with E-state index in [-0.39, 0.29) is 16.8 Å². The Morgan fingerprint density at radius 2 is 1.91 bits per heavy atom. The highest BCUT2D eigenvalue weighted by molar-refractivity contribution is 5.87. The molecule has 2 aromatic rings. The number of hydrogen-bond donors (Lipinski definition) is 1. The summed E-state index contributed by atoms with van der Waals surface area (Å²) in [6.07, 6.45) is -2.78. The number of aromatic nitrogens is 1. The van der Waals surface area contributed by atoms with Gasteiger partial charge in [0.05, 0.1) is 5.69 Å². The first-order chi connectivity index (χ1) is 10.3. The average Bonchev–Trinajstić information content (AvgIpc) is 2.44. The highest BCUT2D eigenvalue weighted by atomic mass is 19.4. The molecule has 0 amide bonds. The summed E-state index contributed by atoms with van der Waals surface area (Å²) >= 11 is 0. The van der Waals surface area contributed by atoms with Crippen LogP contribution >= 0.6 is 0 Å². The molecule has 0 aliphatic heterocycles. The van der Waals surface area contributed by atoms with Crippen molar-refractivity contribution >= 4 is 12.0 Å². The number of pyridine rings is 1. The summed E-state index contributed by atoms with van der Waals surface area (Å²) in [7, 11) is 0. The van der Waals surface area contributed by atoms with Crippen molar-refractivity contribution < 1.29 is 27.5 Å². The van der Waals surface area contributed by atoms with Gasteiger partial charge in [-0.05, 0) is 24.3 Å². The van der Waals surface area contributed by atoms with Crippen molar-refractivity contribution in [3.05, 3.63) is 59.5 Å². The molecule has 0 atom stereocenters. The van der Waals surface area contributed by atoms with Gasteiger partial charge in [-0.15, -0.1) is 0 Å². The third-order valence-corrected chi connectivity index (χ3v) is 2.72. The van der Waals surface area contributed by atoms with Gasteiger partial charge in [-0.1, -0.05) is 18.2 Å². The van der Waals surface area contributed by atoms with E-state index in [1.807, 2.05) is 0 Å². The Balaban J connectivity index is 2.62. The standard InChI is InChI=1S/C15H9F4NO2/c16-11-3-1-2-10(8-11)14-9(5-7-13(21)22)4-6-12(20-14)15(17,18)19/h1-8H,(H,21,22)/b7-5+. The van der Waals surface area contributed by atoms with Gasteiger partial charge in [0.2, 0.25) is 0 Å². The largest absolute Gasteiger partial charge is 0.478 e. The summed E-state index contributed by atoms with van der Waals surface area (Å²) in [4.78, 5) is 14.1. The monoisotopic (exact) mass is 311 g/mol. The van der Waals surface area contributed by atoms with Crippen LogP contribution in [0.1, 0.15) is 11.3 Å². The van der Waals surface area contributed by atoms with E-state index >= 15 is 0 Å². The molecule has 7 heteroatoms. The van der Waals surface area contributed by atoms with Crippen LogP contribution in [0, 0.1) is 5.82 Å². The third kappa shape index (κ3) is 3.69. The van der Waals surface area contributed by atoms with Gasteiger partial charge >= 0.3 is 12.1 Å². The molecule has 0 unspecified atom stereocenters. The number of rotatable bonds is 3. The summed E-state index contributed by atoms with van der Waals surface area (Å²) in [5.41, 5.74) is -1.02. The summed E-state index contributed by atoms with van der Waals surface area (Å²) in [5, 5.41) is 8.62. The molecule has 1 aromatic heterocycles. The molecule has 0 radical (unpaired) electrons. The number of hydrogen-bond acceptors (Lipinski definition) is 2. The second kappa shape index (κ2) is 5.97. The lowest BCUT2D eigenvalue weighted by Gasteiger charge is -2.11. The number of aliphatic carboxylic acids is 1. The Morgan fingerprint density at radius 1 is 1.18 bits per heavy atom. The number of carbonyl (C=O) groups is 1. The number of nitrogens with zero attached hydrogens (tertiary/aromatic N) is 1. The fourth-order valence-electron chi connectivity index (χ4n) is 1.79. The molecule has 1 N–H and O–H groups in total. The first-order valence-electron chi connectivity index (χ1n) is 6.02. The number of benzene rings is 1. The zero-order chi connectivity index (χ0) is 16.3. The van der Waals surface area contributed by atoms with Crippen LogP contribution in [0.15, 0.2) is 42.5 Å². The van der Waals surface area contributed by atoms with Crippen molar-refractivity contribution in [3.63, 3.8) is 0 Å². The van der Waals surface area contributed by atoms with Gasteiger partial charge in [0.1, 0.15) is 11.5 Å². The topological polar surface area (TPSA) is 50.2 Å². The molecule has 0 saturated heterocycles. The van der Waals surface area contributed by atoms with E-state index in [2.05, 4.69) is 4.98 Å². The number of carboxylic acid groups (broad SMARTS) is 1. The second-order valence-corrected chi connectivity index (χ2v) is 4.31. The fraction of sp³-hybridized carbons (Fsp3) is 0.0667. The van der Waals surface area contributed by atoms with Crippen LogP contribution in [-0.4, -0.2) is 16.1 Å². The van der Waals surface area contributed by atoms with E-state index in [0.29, 0.717) is 0 Å². The van der Waals surface area contributed by atoms with E-state index in [0.717, 1.165) is 36.4 Å². The smallest absolute Gasteiger partial charge is 0.433 e. The van der Waals surface area contributed by atoms with Crippen molar-refractivity contribution in [2.24, 2.45) is 0 Å². The molecule has 3 nitrogen and oxygen atoms in total. The lowest BCUT2D eigenvalue weighted by atomic mass is 10.0. The maximum Gasteiger partial charge on any atom is 0.433 e. The van der Waals surface area contributed by atoms with Gasteiger partial charge in [-0.25, -0.2) is 14.2 Å². The molecule has 114 valence electrons. The normalized spacial score (nSPS) is 11.8. The zero-order valence-corrected chi connectivity index (χ0v) is 10.9. The highest BCUT2D eigenvalue weighted by Crippen LogP contribution is 2.31. The molecule has 0 spiro atoms. The van der Waals surface area contributed by atoms with Gasteiger partial charge in [0.25, 0.3) is 0 Å². The molecule has 0 saturated carbocycles. The average molecular weight is 311 g/mol. The highest BCUT2D eigenvalue weighted by Gasteiger charge is 2.33. The predicted molar refractivity (Wildman–Crippen MR) is 71.3 cm³/mol. The Labute approximate surface area is 122 Å². The molecular weight excluding hydrogens is 302 g/mol. The third-order valence-electron chi connectivity index (χ3n) is 2.72. The van der Waals surface area contributed by atoms with Gasteiger partial charge < -0.3 is 5.11 Å². The minimum atomic E-state index is -4.66. The Hall–Kier alpha value is -2.70. The van der Waals surface area contributed by atoms with E-state index in [1.165, 1.54) is 12.1 Å². The molecule has 0 bridgehead atoms. The van der Waals surface area contributed by atoms with Crippen molar-refractivity contribution in [2.75, 3.05) is 0 Å². The van der Waals surface area contributed by atoms with Crippen LogP contribution in [0.4, 0.5) is 17.6 Å². The Morgan fingerprint density at radius 3 is 2.50 bits per heavy atom. The first kappa shape index (κ1) is 15.7. The van der Waals surface area contributed by atoms with E-state index < -0.39 is 23.7 Å². The molecular formula is C15H9F4NO2. The van der Waals surface area contributed by atoms with Crippen LogP contribution in [0.25, 0.3) is 17.3 Å². The molecule has 0 fully saturated rings. The number of halogens is 4. The molecule has 0 aliphatic rings. The van der Waals surface area contributed by atoms with Gasteiger partial charge in [-0.3, -0.25) is 0 Å². The van der Waals surface area contributed by atoms with Gasteiger partial charge in [-0.2, -0.15) is 13.2 Å². The minimum Gasteiger partial charge on any atom is -0.478 e. The van der Waals surface area contributed by atoms with Crippen molar-refractivity contribution in [3.8, 4) is 11.3 Å². The number of alkyl halides is 3. The first-order valence-corrected chi connectivity index (χ1v) is 6.02. The van der Waals surface area contributed by atoms with Gasteiger partial charge in [0.15, 0.2) is 0 Å². The maximum absolute atomic E-state index is 13.3. The molecule has 1 heterocycles. The molecule has 2 rings (SSSR count). The fourth-order valence-corrected chi connectivity index (χ4v) is 1.79. The Kier molecular flexibility index (Phi) is 4.25. The minimum absolute atomic E-state index is 0.121. The van der Waals surface area contributed by atoms with Gasteiger partial charge in [0, 0.05) is 17.2 Å². The maximum atomic E-state index is 13.3. The van der Waals surface area contributed by atoms with Crippen LogP contribution < -0.4 is 0 Å². The Bertz CT molecular complexity index is 739. The summed E-state index contributed by atoms with van der Waals surface area (Å²) in [6, 6.07) is 6.73. The second-order valence-electron chi connectivity index (χ2n) is 4.31. The van der Waals surface area contributed by atoms with Crippen molar-refractivity contribution in [1.29, 1.82) is 0 Å². The zero-order valence-electron chi connectivity index (χ0n) is 10.9. The van der Waals surface area contributed by atoms with Crippen LogP contribution in [0.5, 0.6) is 0 Å². The van der Waals surface area contributed by atoms with Crippen molar-refractivity contribution in [2.45, 2.75) is 6.18 Å². The summed E-state index contributed by atoms with van der Waals surface area (Å²) in [6.45, 7) is 0.